The number of hydrogen-bond acceptors (Lipinski definition) is 2. The maximum absolute atomic E-state index is 12.7. The van der Waals surface area contributed by atoms with Gasteiger partial charge in [-0.2, -0.15) is 0 Å². The molecule has 1 aromatic carbocycles. The normalized spacial score (nSPS) is 10.5. The lowest BCUT2D eigenvalue weighted by atomic mass is 10.2. The number of benzene rings is 1. The van der Waals surface area contributed by atoms with Crippen LogP contribution in [0.2, 0.25) is 0 Å². The van der Waals surface area contributed by atoms with E-state index in [1.165, 1.54) is 12.1 Å². The molecular weight excluding hydrogens is 215 g/mol. The summed E-state index contributed by atoms with van der Waals surface area (Å²) in [5, 5.41) is 0. The van der Waals surface area contributed by atoms with E-state index in [9.17, 15) is 12.8 Å². The van der Waals surface area contributed by atoms with Crippen LogP contribution in [0, 0.1) is 5.82 Å². The highest BCUT2D eigenvalue weighted by molar-refractivity contribution is 7.90. The van der Waals surface area contributed by atoms with E-state index in [-0.39, 0.29) is 4.90 Å². The highest BCUT2D eigenvalue weighted by atomic mass is 32.2. The topological polar surface area (TPSA) is 34.1 Å². The standard InChI is InChI=1S/C9H11FO2S.C2H6/c1-3-7-4-5-8(10)6-9(7)13(2,11)12;1-2/h4-6H,3H2,1-2H3;1-2H3. The molecule has 0 radical (unpaired) electrons. The first-order valence-corrected chi connectivity index (χ1v) is 6.82. The third kappa shape index (κ3) is 4.00. The van der Waals surface area contributed by atoms with Crippen LogP contribution in [0.15, 0.2) is 23.1 Å². The summed E-state index contributed by atoms with van der Waals surface area (Å²) in [6.07, 6.45) is 1.67. The Hall–Kier alpha value is -0.900. The van der Waals surface area contributed by atoms with Gasteiger partial charge < -0.3 is 0 Å². The summed E-state index contributed by atoms with van der Waals surface area (Å²) >= 11 is 0. The zero-order valence-electron chi connectivity index (χ0n) is 9.54. The largest absolute Gasteiger partial charge is 0.224 e. The molecule has 1 aromatic rings. The molecule has 0 bridgehead atoms. The molecule has 0 fully saturated rings. The summed E-state index contributed by atoms with van der Waals surface area (Å²) in [7, 11) is -3.31. The molecule has 0 amide bonds. The molecule has 0 N–H and O–H groups in total. The molecule has 86 valence electrons. The molecule has 2 nitrogen and oxygen atoms in total. The summed E-state index contributed by atoms with van der Waals surface area (Å²) in [6.45, 7) is 5.84. The van der Waals surface area contributed by atoms with Gasteiger partial charge in [-0.1, -0.05) is 26.8 Å². The summed E-state index contributed by atoms with van der Waals surface area (Å²) in [6, 6.07) is 3.84. The SMILES string of the molecule is CC.CCc1ccc(F)cc1S(C)(=O)=O. The highest BCUT2D eigenvalue weighted by Gasteiger charge is 2.12. The minimum Gasteiger partial charge on any atom is -0.224 e. The van der Waals surface area contributed by atoms with Gasteiger partial charge >= 0.3 is 0 Å². The molecular formula is C11H17FO2S. The van der Waals surface area contributed by atoms with Gasteiger partial charge in [0.2, 0.25) is 0 Å². The lowest BCUT2D eigenvalue weighted by molar-refractivity contribution is 0.594. The highest BCUT2D eigenvalue weighted by Crippen LogP contribution is 2.17. The van der Waals surface area contributed by atoms with Gasteiger partial charge in [0.05, 0.1) is 4.90 Å². The summed E-state index contributed by atoms with van der Waals surface area (Å²) in [4.78, 5) is 0.0926. The smallest absolute Gasteiger partial charge is 0.175 e. The minimum absolute atomic E-state index is 0.0926. The second kappa shape index (κ2) is 5.85. The van der Waals surface area contributed by atoms with Gasteiger partial charge in [-0.3, -0.25) is 0 Å². The number of sulfone groups is 1. The van der Waals surface area contributed by atoms with Gasteiger partial charge in [0, 0.05) is 6.26 Å². The second-order valence-corrected chi connectivity index (χ2v) is 4.86. The van der Waals surface area contributed by atoms with Crippen LogP contribution in [0.1, 0.15) is 26.3 Å². The first kappa shape index (κ1) is 14.1. The zero-order valence-corrected chi connectivity index (χ0v) is 10.4. The molecule has 0 spiro atoms. The van der Waals surface area contributed by atoms with E-state index >= 15 is 0 Å². The van der Waals surface area contributed by atoms with Gasteiger partial charge in [0.15, 0.2) is 9.84 Å². The van der Waals surface area contributed by atoms with Crippen LogP contribution in [0.25, 0.3) is 0 Å². The van der Waals surface area contributed by atoms with Crippen LogP contribution >= 0.6 is 0 Å². The van der Waals surface area contributed by atoms with Crippen molar-refractivity contribution in [3.05, 3.63) is 29.6 Å². The van der Waals surface area contributed by atoms with Crippen molar-refractivity contribution in [2.24, 2.45) is 0 Å². The zero-order chi connectivity index (χ0) is 12.1. The fourth-order valence-corrected chi connectivity index (χ4v) is 2.18. The Balaban J connectivity index is 0.000000921. The molecule has 0 saturated heterocycles. The van der Waals surface area contributed by atoms with Crippen molar-refractivity contribution in [3.63, 3.8) is 0 Å². The number of halogens is 1. The molecule has 0 saturated carbocycles. The van der Waals surface area contributed by atoms with Gasteiger partial charge in [-0.15, -0.1) is 0 Å². The van der Waals surface area contributed by atoms with Crippen molar-refractivity contribution in [2.45, 2.75) is 32.1 Å². The number of hydrogen-bond donors (Lipinski definition) is 0. The molecule has 4 heteroatoms. The third-order valence-corrected chi connectivity index (χ3v) is 2.99. The predicted molar refractivity (Wildman–Crippen MR) is 60.2 cm³/mol. The van der Waals surface area contributed by atoms with Crippen LogP contribution in [0.3, 0.4) is 0 Å². The van der Waals surface area contributed by atoms with Crippen LogP contribution in [0.5, 0.6) is 0 Å². The van der Waals surface area contributed by atoms with Crippen molar-refractivity contribution in [1.29, 1.82) is 0 Å². The van der Waals surface area contributed by atoms with E-state index in [0.29, 0.717) is 12.0 Å². The quantitative estimate of drug-likeness (QED) is 0.785. The van der Waals surface area contributed by atoms with Crippen LogP contribution in [-0.2, 0) is 16.3 Å². The minimum atomic E-state index is -3.31. The monoisotopic (exact) mass is 232 g/mol. The van der Waals surface area contributed by atoms with Crippen LogP contribution < -0.4 is 0 Å². The average Bonchev–Trinajstić information content (AvgIpc) is 2.19. The van der Waals surface area contributed by atoms with E-state index in [1.54, 1.807) is 0 Å². The summed E-state index contributed by atoms with van der Waals surface area (Å²) in [5.74, 6) is -0.516. The lowest BCUT2D eigenvalue weighted by Crippen LogP contribution is -2.02. The Morgan fingerprint density at radius 3 is 2.20 bits per heavy atom. The van der Waals surface area contributed by atoms with Gasteiger partial charge in [-0.05, 0) is 24.1 Å². The van der Waals surface area contributed by atoms with Crippen molar-refractivity contribution in [2.75, 3.05) is 6.26 Å². The molecule has 0 aliphatic carbocycles. The molecule has 15 heavy (non-hydrogen) atoms. The van der Waals surface area contributed by atoms with Gasteiger partial charge in [0.25, 0.3) is 0 Å². The number of rotatable bonds is 2. The Morgan fingerprint density at radius 1 is 1.27 bits per heavy atom. The summed E-state index contributed by atoms with van der Waals surface area (Å²) < 4.78 is 35.1. The van der Waals surface area contributed by atoms with E-state index in [4.69, 9.17) is 0 Å². The molecule has 0 atom stereocenters. The first-order valence-electron chi connectivity index (χ1n) is 4.93. The van der Waals surface area contributed by atoms with Crippen molar-refractivity contribution >= 4 is 9.84 Å². The first-order chi connectivity index (χ1) is 6.95. The van der Waals surface area contributed by atoms with Crippen molar-refractivity contribution < 1.29 is 12.8 Å². The molecule has 0 aliphatic rings. The lowest BCUT2D eigenvalue weighted by Gasteiger charge is -2.04. The Kier molecular flexibility index (Phi) is 5.50. The second-order valence-electron chi connectivity index (χ2n) is 2.88. The fourth-order valence-electron chi connectivity index (χ4n) is 1.17. The maximum atomic E-state index is 12.7. The Bertz CT molecular complexity index is 411. The predicted octanol–water partition coefficient (Wildman–Crippen LogP) is 2.82. The van der Waals surface area contributed by atoms with Crippen molar-refractivity contribution in [3.8, 4) is 0 Å². The molecule has 0 aromatic heterocycles. The van der Waals surface area contributed by atoms with Gasteiger partial charge in [0.1, 0.15) is 5.82 Å². The average molecular weight is 232 g/mol. The summed E-state index contributed by atoms with van der Waals surface area (Å²) in [5.41, 5.74) is 0.656. The van der Waals surface area contributed by atoms with E-state index < -0.39 is 15.7 Å². The maximum Gasteiger partial charge on any atom is 0.175 e. The molecule has 0 unspecified atom stereocenters. The Morgan fingerprint density at radius 2 is 1.80 bits per heavy atom. The molecule has 0 heterocycles. The van der Waals surface area contributed by atoms with Crippen LogP contribution in [-0.4, -0.2) is 14.7 Å². The van der Waals surface area contributed by atoms with E-state index in [0.717, 1.165) is 12.3 Å². The number of aryl methyl sites for hydroxylation is 1. The fraction of sp³-hybridized carbons (Fsp3) is 0.455. The Labute approximate surface area is 91.1 Å². The van der Waals surface area contributed by atoms with Gasteiger partial charge in [-0.25, -0.2) is 12.8 Å². The third-order valence-electron chi connectivity index (χ3n) is 1.81. The van der Waals surface area contributed by atoms with Crippen LogP contribution in [0.4, 0.5) is 4.39 Å². The molecule has 0 aliphatic heterocycles. The van der Waals surface area contributed by atoms with Crippen molar-refractivity contribution in [1.82, 2.24) is 0 Å². The van der Waals surface area contributed by atoms with E-state index in [1.807, 2.05) is 20.8 Å². The van der Waals surface area contributed by atoms with E-state index in [2.05, 4.69) is 0 Å². The molecule has 1 rings (SSSR count).